The van der Waals surface area contributed by atoms with Gasteiger partial charge in [0.25, 0.3) is 0 Å². The van der Waals surface area contributed by atoms with Crippen LogP contribution in [0.1, 0.15) is 67.6 Å². The molecule has 0 aromatic heterocycles. The van der Waals surface area contributed by atoms with E-state index in [4.69, 9.17) is 9.47 Å². The molecule has 2 atom stereocenters. The summed E-state index contributed by atoms with van der Waals surface area (Å²) in [7, 11) is 1.52. The highest BCUT2D eigenvalue weighted by Crippen LogP contribution is 2.50. The third-order valence-corrected chi connectivity index (χ3v) is 6.62. The summed E-state index contributed by atoms with van der Waals surface area (Å²) in [5.41, 5.74) is 2.19. The molecule has 0 bridgehead atoms. The van der Waals surface area contributed by atoms with Gasteiger partial charge < -0.3 is 24.8 Å². The average molecular weight is 481 g/mol. The zero-order valence-corrected chi connectivity index (χ0v) is 21.3. The van der Waals surface area contributed by atoms with Crippen LogP contribution in [0.3, 0.4) is 0 Å². The number of methoxy groups -OCH3 is 1. The molecule has 0 saturated carbocycles. The summed E-state index contributed by atoms with van der Waals surface area (Å²) in [4.78, 5) is 13.6. The first-order valence-corrected chi connectivity index (χ1v) is 11.8. The summed E-state index contributed by atoms with van der Waals surface area (Å²) < 4.78 is 11.9. The highest BCUT2D eigenvalue weighted by molar-refractivity contribution is 6.13. The molecule has 0 amide bonds. The van der Waals surface area contributed by atoms with E-state index in [1.54, 1.807) is 26.0 Å². The van der Waals surface area contributed by atoms with Crippen molar-refractivity contribution in [3.8, 4) is 23.0 Å². The maximum Gasteiger partial charge on any atom is 0.200 e. The summed E-state index contributed by atoms with van der Waals surface area (Å²) in [6.07, 6.45) is 1.71. The molecule has 35 heavy (non-hydrogen) atoms. The van der Waals surface area contributed by atoms with Crippen molar-refractivity contribution in [2.45, 2.75) is 65.1 Å². The van der Waals surface area contributed by atoms with Crippen molar-refractivity contribution in [3.63, 3.8) is 0 Å². The number of fused-ring (bicyclic) bond motifs is 1. The third-order valence-electron chi connectivity index (χ3n) is 6.62. The summed E-state index contributed by atoms with van der Waals surface area (Å²) >= 11 is 0. The monoisotopic (exact) mass is 480 g/mol. The second-order valence-corrected chi connectivity index (χ2v) is 10.1. The molecular weight excluding hydrogens is 444 g/mol. The molecular formula is C29H36O6. The maximum atomic E-state index is 13.6. The number of benzene rings is 2. The zero-order chi connectivity index (χ0) is 26.1. The fourth-order valence-corrected chi connectivity index (χ4v) is 4.51. The Bertz CT molecular complexity index is 1150. The quantitative estimate of drug-likeness (QED) is 0.307. The van der Waals surface area contributed by atoms with Crippen LogP contribution < -0.4 is 9.47 Å². The maximum absolute atomic E-state index is 13.6. The lowest BCUT2D eigenvalue weighted by molar-refractivity contribution is -0.0232. The van der Waals surface area contributed by atoms with Crippen molar-refractivity contribution in [3.05, 3.63) is 70.8 Å². The molecule has 0 spiro atoms. The number of hydrogen-bond donors (Lipinski definition) is 3. The number of carbonyl (C=O) groups excluding carboxylic acids is 1. The number of rotatable bonds is 10. The molecule has 188 valence electrons. The van der Waals surface area contributed by atoms with Crippen LogP contribution in [-0.2, 0) is 12.8 Å². The number of phenolic OH excluding ortho intramolecular Hbond substituents is 2. The molecule has 0 fully saturated rings. The molecule has 1 aliphatic heterocycles. The van der Waals surface area contributed by atoms with Crippen LogP contribution in [0.5, 0.6) is 23.0 Å². The molecule has 2 aromatic rings. The number of ketones is 1. The first kappa shape index (κ1) is 26.4. The molecule has 3 rings (SSSR count). The molecule has 6 nitrogen and oxygen atoms in total. The minimum absolute atomic E-state index is 0.00789. The van der Waals surface area contributed by atoms with Gasteiger partial charge in [0.05, 0.1) is 12.7 Å². The highest BCUT2D eigenvalue weighted by Gasteiger charge is 2.41. The van der Waals surface area contributed by atoms with E-state index in [0.29, 0.717) is 29.7 Å². The Morgan fingerprint density at radius 2 is 1.94 bits per heavy atom. The minimum atomic E-state index is -1.19. The van der Waals surface area contributed by atoms with E-state index in [0.717, 1.165) is 24.0 Å². The first-order valence-electron chi connectivity index (χ1n) is 11.8. The number of aliphatic hydroxyl groups is 1. The second kappa shape index (κ2) is 10.2. The van der Waals surface area contributed by atoms with Crippen LogP contribution in [0.2, 0.25) is 0 Å². The summed E-state index contributed by atoms with van der Waals surface area (Å²) in [5.74, 6) is -0.0647. The van der Waals surface area contributed by atoms with E-state index in [2.05, 4.69) is 13.2 Å². The van der Waals surface area contributed by atoms with Gasteiger partial charge in [-0.05, 0) is 65.0 Å². The number of phenols is 2. The van der Waals surface area contributed by atoms with Gasteiger partial charge in [-0.15, -0.1) is 6.58 Å². The molecule has 0 unspecified atom stereocenters. The van der Waals surface area contributed by atoms with Gasteiger partial charge >= 0.3 is 0 Å². The molecule has 2 aromatic carbocycles. The lowest BCUT2D eigenvalue weighted by Crippen LogP contribution is -2.39. The third kappa shape index (κ3) is 5.54. The van der Waals surface area contributed by atoms with Crippen molar-refractivity contribution < 1.29 is 29.6 Å². The Labute approximate surface area is 207 Å². The SMILES string of the molecule is C=C(C)CC[C@@H](Cc1c(O)c(C(=O)c2cccc(O)c2)c2c(c1OC)C[C@H](C(C)(C)O)O2)C(=C)C. The van der Waals surface area contributed by atoms with E-state index in [1.807, 2.05) is 13.8 Å². The Morgan fingerprint density at radius 3 is 2.49 bits per heavy atom. The Kier molecular flexibility index (Phi) is 7.65. The van der Waals surface area contributed by atoms with Gasteiger partial charge in [0.15, 0.2) is 0 Å². The lowest BCUT2D eigenvalue weighted by Gasteiger charge is -2.25. The second-order valence-electron chi connectivity index (χ2n) is 10.1. The van der Waals surface area contributed by atoms with E-state index >= 15 is 0 Å². The molecule has 0 radical (unpaired) electrons. The van der Waals surface area contributed by atoms with Crippen LogP contribution in [0, 0.1) is 5.92 Å². The van der Waals surface area contributed by atoms with E-state index in [9.17, 15) is 20.1 Å². The number of aromatic hydroxyl groups is 2. The topological polar surface area (TPSA) is 96.2 Å². The van der Waals surface area contributed by atoms with E-state index in [-0.39, 0.29) is 34.3 Å². The van der Waals surface area contributed by atoms with Gasteiger partial charge in [-0.25, -0.2) is 0 Å². The van der Waals surface area contributed by atoms with Crippen LogP contribution in [0.25, 0.3) is 0 Å². The summed E-state index contributed by atoms with van der Waals surface area (Å²) in [6, 6.07) is 5.97. The van der Waals surface area contributed by atoms with Gasteiger partial charge in [-0.3, -0.25) is 4.79 Å². The van der Waals surface area contributed by atoms with E-state index in [1.165, 1.54) is 19.2 Å². The van der Waals surface area contributed by atoms with Crippen LogP contribution >= 0.6 is 0 Å². The van der Waals surface area contributed by atoms with Gasteiger partial charge in [0.2, 0.25) is 5.78 Å². The number of carbonyl (C=O) groups is 1. The lowest BCUT2D eigenvalue weighted by atomic mass is 9.84. The predicted molar refractivity (Wildman–Crippen MR) is 137 cm³/mol. The van der Waals surface area contributed by atoms with Gasteiger partial charge in [0, 0.05) is 23.1 Å². The number of allylic oxidation sites excluding steroid dienone is 2. The van der Waals surface area contributed by atoms with Gasteiger partial charge in [-0.1, -0.05) is 29.9 Å². The van der Waals surface area contributed by atoms with Crippen LogP contribution in [-0.4, -0.2) is 39.9 Å². The van der Waals surface area contributed by atoms with Crippen LogP contribution in [0.15, 0.2) is 48.6 Å². The molecule has 6 heteroatoms. The van der Waals surface area contributed by atoms with Gasteiger partial charge in [0.1, 0.15) is 34.7 Å². The summed E-state index contributed by atoms with van der Waals surface area (Å²) in [6.45, 7) is 15.3. The van der Waals surface area contributed by atoms with Crippen molar-refractivity contribution in [1.29, 1.82) is 0 Å². The standard InChI is InChI=1S/C29H36O6/c1-16(2)11-12-18(17(3)4)14-21-26(32)24(25(31)19-9-8-10-20(30)13-19)28-22(27(21)34-7)15-23(35-28)29(5,6)33/h8-10,13,18,23,30,32-33H,1,3,11-12,14-15H2,2,4-7H3/t18-,23+/m0/s1. The largest absolute Gasteiger partial charge is 0.508 e. The minimum Gasteiger partial charge on any atom is -0.508 e. The fourth-order valence-electron chi connectivity index (χ4n) is 4.51. The predicted octanol–water partition coefficient (Wildman–Crippen LogP) is 5.50. The average Bonchev–Trinajstić information content (AvgIpc) is 3.21. The molecule has 3 N–H and O–H groups in total. The van der Waals surface area contributed by atoms with Crippen LogP contribution in [0.4, 0.5) is 0 Å². The molecule has 1 heterocycles. The number of ether oxygens (including phenoxy) is 2. The fraction of sp³-hybridized carbons (Fsp3) is 0.414. The van der Waals surface area contributed by atoms with Crippen molar-refractivity contribution in [1.82, 2.24) is 0 Å². The van der Waals surface area contributed by atoms with Gasteiger partial charge in [-0.2, -0.15) is 0 Å². The van der Waals surface area contributed by atoms with Crippen molar-refractivity contribution in [2.24, 2.45) is 5.92 Å². The molecule has 1 aliphatic rings. The molecule has 0 aliphatic carbocycles. The number of hydrogen-bond acceptors (Lipinski definition) is 6. The molecule has 0 saturated heterocycles. The zero-order valence-electron chi connectivity index (χ0n) is 21.3. The normalized spacial score (nSPS) is 15.8. The highest BCUT2D eigenvalue weighted by atomic mass is 16.5. The van der Waals surface area contributed by atoms with Crippen molar-refractivity contribution in [2.75, 3.05) is 7.11 Å². The Morgan fingerprint density at radius 1 is 1.26 bits per heavy atom. The smallest absolute Gasteiger partial charge is 0.200 e. The van der Waals surface area contributed by atoms with Crippen molar-refractivity contribution >= 4 is 5.78 Å². The van der Waals surface area contributed by atoms with E-state index < -0.39 is 17.5 Å². The first-order chi connectivity index (χ1) is 16.3. The Hall–Kier alpha value is -3.25. The summed E-state index contributed by atoms with van der Waals surface area (Å²) in [5, 5.41) is 32.1. The Balaban J connectivity index is 2.21.